The zero-order chi connectivity index (χ0) is 13.5. The third kappa shape index (κ3) is 1.65. The van der Waals surface area contributed by atoms with Gasteiger partial charge in [-0.05, 0) is 29.7 Å². The Bertz CT molecular complexity index is 775. The van der Waals surface area contributed by atoms with E-state index in [2.05, 4.69) is 52.2 Å². The smallest absolute Gasteiger partial charge is 0.177 e. The largest absolute Gasteiger partial charge is 0.328 e. The first-order chi connectivity index (χ1) is 9.84. The highest BCUT2D eigenvalue weighted by Crippen LogP contribution is 2.29. The summed E-state index contributed by atoms with van der Waals surface area (Å²) >= 11 is 0. The van der Waals surface area contributed by atoms with Gasteiger partial charge >= 0.3 is 0 Å². The molecule has 2 aromatic heterocycles. The fourth-order valence-electron chi connectivity index (χ4n) is 3.04. The Hall–Kier alpha value is -2.20. The molecule has 1 aromatic carbocycles. The molecule has 0 spiro atoms. The zero-order valence-electron chi connectivity index (χ0n) is 11.4. The van der Waals surface area contributed by atoms with Gasteiger partial charge in [0.15, 0.2) is 5.65 Å². The highest BCUT2D eigenvalue weighted by molar-refractivity contribution is 5.71. The fourth-order valence-corrected chi connectivity index (χ4v) is 3.04. The summed E-state index contributed by atoms with van der Waals surface area (Å²) in [7, 11) is 2.06. The lowest BCUT2D eigenvalue weighted by Crippen LogP contribution is -2.32. The molecule has 0 aliphatic carbocycles. The van der Waals surface area contributed by atoms with Gasteiger partial charge in [-0.2, -0.15) is 0 Å². The molecule has 0 fully saturated rings. The highest BCUT2D eigenvalue weighted by atomic mass is 15.1. The molecule has 4 nitrogen and oxygen atoms in total. The predicted molar refractivity (Wildman–Crippen MR) is 78.5 cm³/mol. The standard InChI is InChI=1S/C16H16N4/c1-20-13-7-4-9-18-15(13)19-16(20)14-12-6-3-2-5-11(12)8-10-17-14/h2-7,9,14,17H,8,10H2,1H3. The van der Waals surface area contributed by atoms with Crippen LogP contribution in [0.25, 0.3) is 11.2 Å². The van der Waals surface area contributed by atoms with E-state index < -0.39 is 0 Å². The van der Waals surface area contributed by atoms with Crippen LogP contribution in [0, 0.1) is 0 Å². The van der Waals surface area contributed by atoms with Gasteiger partial charge < -0.3 is 9.88 Å². The van der Waals surface area contributed by atoms with E-state index in [0.29, 0.717) is 0 Å². The van der Waals surface area contributed by atoms with E-state index in [1.807, 2.05) is 6.07 Å². The van der Waals surface area contributed by atoms with Crippen molar-refractivity contribution in [1.29, 1.82) is 0 Å². The number of nitrogens with zero attached hydrogens (tertiary/aromatic N) is 3. The van der Waals surface area contributed by atoms with E-state index in [-0.39, 0.29) is 6.04 Å². The molecule has 0 amide bonds. The number of hydrogen-bond donors (Lipinski definition) is 1. The number of aryl methyl sites for hydroxylation is 1. The maximum absolute atomic E-state index is 4.72. The van der Waals surface area contributed by atoms with Crippen molar-refractivity contribution in [3.8, 4) is 0 Å². The maximum Gasteiger partial charge on any atom is 0.177 e. The van der Waals surface area contributed by atoms with Crippen molar-refractivity contribution >= 4 is 11.2 Å². The summed E-state index contributed by atoms with van der Waals surface area (Å²) in [5, 5.41) is 3.58. The van der Waals surface area contributed by atoms with Gasteiger partial charge in [-0.15, -0.1) is 0 Å². The Balaban J connectivity index is 1.90. The summed E-state index contributed by atoms with van der Waals surface area (Å²) in [4.78, 5) is 9.08. The molecule has 0 saturated heterocycles. The van der Waals surface area contributed by atoms with Crippen molar-refractivity contribution in [3.63, 3.8) is 0 Å². The van der Waals surface area contributed by atoms with Crippen LogP contribution in [0.15, 0.2) is 42.6 Å². The van der Waals surface area contributed by atoms with Crippen LogP contribution < -0.4 is 5.32 Å². The lowest BCUT2D eigenvalue weighted by Gasteiger charge is -2.26. The van der Waals surface area contributed by atoms with Crippen molar-refractivity contribution in [2.24, 2.45) is 7.05 Å². The number of fused-ring (bicyclic) bond motifs is 2. The summed E-state index contributed by atoms with van der Waals surface area (Å²) in [6, 6.07) is 12.8. The van der Waals surface area contributed by atoms with Crippen LogP contribution in [0.1, 0.15) is 23.0 Å². The average Bonchev–Trinajstić information content (AvgIpc) is 2.84. The number of benzene rings is 1. The third-order valence-electron chi connectivity index (χ3n) is 4.06. The molecule has 0 saturated carbocycles. The first-order valence-electron chi connectivity index (χ1n) is 6.93. The van der Waals surface area contributed by atoms with Gasteiger partial charge in [-0.3, -0.25) is 0 Å². The number of imidazole rings is 1. The fraction of sp³-hybridized carbons (Fsp3) is 0.250. The van der Waals surface area contributed by atoms with Crippen LogP contribution in [0.4, 0.5) is 0 Å². The lowest BCUT2D eigenvalue weighted by atomic mass is 9.94. The van der Waals surface area contributed by atoms with E-state index in [9.17, 15) is 0 Å². The molecule has 100 valence electrons. The van der Waals surface area contributed by atoms with Crippen molar-refractivity contribution < 1.29 is 0 Å². The van der Waals surface area contributed by atoms with E-state index in [1.165, 1.54) is 11.1 Å². The number of pyridine rings is 1. The van der Waals surface area contributed by atoms with Gasteiger partial charge in [0.05, 0.1) is 11.6 Å². The molecule has 3 aromatic rings. The summed E-state index contributed by atoms with van der Waals surface area (Å²) in [6.07, 6.45) is 2.87. The molecule has 1 aliphatic rings. The third-order valence-corrected chi connectivity index (χ3v) is 4.06. The minimum atomic E-state index is 0.152. The normalized spacial score (nSPS) is 18.1. The van der Waals surface area contributed by atoms with E-state index in [4.69, 9.17) is 4.98 Å². The first-order valence-corrected chi connectivity index (χ1v) is 6.93. The molecular formula is C16H16N4. The quantitative estimate of drug-likeness (QED) is 0.732. The second-order valence-corrected chi connectivity index (χ2v) is 5.21. The Morgan fingerprint density at radius 1 is 1.20 bits per heavy atom. The molecule has 3 heterocycles. The number of nitrogens with one attached hydrogen (secondary N) is 1. The van der Waals surface area contributed by atoms with E-state index >= 15 is 0 Å². The molecule has 4 heteroatoms. The summed E-state index contributed by atoms with van der Waals surface area (Å²) in [6.45, 7) is 0.984. The number of rotatable bonds is 1. The van der Waals surface area contributed by atoms with Gasteiger partial charge in [0.1, 0.15) is 5.82 Å². The zero-order valence-corrected chi connectivity index (χ0v) is 11.4. The highest BCUT2D eigenvalue weighted by Gasteiger charge is 2.25. The molecule has 1 atom stereocenters. The van der Waals surface area contributed by atoms with Crippen LogP contribution in [-0.2, 0) is 13.5 Å². The molecule has 0 radical (unpaired) electrons. The topological polar surface area (TPSA) is 42.7 Å². The molecule has 0 bridgehead atoms. The van der Waals surface area contributed by atoms with Crippen LogP contribution in [0.5, 0.6) is 0 Å². The second kappa shape index (κ2) is 4.42. The average molecular weight is 264 g/mol. The summed E-state index contributed by atoms with van der Waals surface area (Å²) < 4.78 is 2.14. The molecule has 1 aliphatic heterocycles. The van der Waals surface area contributed by atoms with Crippen molar-refractivity contribution in [1.82, 2.24) is 19.9 Å². The van der Waals surface area contributed by atoms with Gasteiger partial charge in [0.2, 0.25) is 0 Å². The number of aromatic nitrogens is 3. The Kier molecular flexibility index (Phi) is 2.57. The van der Waals surface area contributed by atoms with Crippen LogP contribution in [-0.4, -0.2) is 21.1 Å². The van der Waals surface area contributed by atoms with Crippen LogP contribution >= 0.6 is 0 Å². The maximum atomic E-state index is 4.72. The number of hydrogen-bond acceptors (Lipinski definition) is 3. The van der Waals surface area contributed by atoms with Crippen LogP contribution in [0.3, 0.4) is 0 Å². The minimum Gasteiger partial charge on any atom is -0.328 e. The second-order valence-electron chi connectivity index (χ2n) is 5.21. The van der Waals surface area contributed by atoms with E-state index in [1.54, 1.807) is 6.20 Å². The van der Waals surface area contributed by atoms with Gasteiger partial charge in [0, 0.05) is 19.8 Å². The minimum absolute atomic E-state index is 0.152. The molecular weight excluding hydrogens is 248 g/mol. The first kappa shape index (κ1) is 11.6. The Morgan fingerprint density at radius 2 is 2.10 bits per heavy atom. The predicted octanol–water partition coefficient (Wildman–Crippen LogP) is 2.20. The molecule has 1 N–H and O–H groups in total. The summed E-state index contributed by atoms with van der Waals surface area (Å²) in [5.41, 5.74) is 4.63. The SMILES string of the molecule is Cn1c(C2NCCc3ccccc32)nc2ncccc21. The van der Waals surface area contributed by atoms with Gasteiger partial charge in [-0.1, -0.05) is 24.3 Å². The van der Waals surface area contributed by atoms with E-state index in [0.717, 1.165) is 30.0 Å². The monoisotopic (exact) mass is 264 g/mol. The van der Waals surface area contributed by atoms with Gasteiger partial charge in [0.25, 0.3) is 0 Å². The Morgan fingerprint density at radius 3 is 3.00 bits per heavy atom. The Labute approximate surface area is 117 Å². The lowest BCUT2D eigenvalue weighted by molar-refractivity contribution is 0.532. The molecule has 20 heavy (non-hydrogen) atoms. The van der Waals surface area contributed by atoms with Crippen molar-refractivity contribution in [3.05, 3.63) is 59.5 Å². The van der Waals surface area contributed by atoms with Crippen molar-refractivity contribution in [2.45, 2.75) is 12.5 Å². The van der Waals surface area contributed by atoms with Crippen LogP contribution in [0.2, 0.25) is 0 Å². The molecule has 1 unspecified atom stereocenters. The summed E-state index contributed by atoms with van der Waals surface area (Å²) in [5.74, 6) is 1.03. The van der Waals surface area contributed by atoms with Crippen molar-refractivity contribution in [2.75, 3.05) is 6.54 Å². The van der Waals surface area contributed by atoms with Gasteiger partial charge in [-0.25, -0.2) is 9.97 Å². The molecule has 4 rings (SSSR count).